The molecule has 2 aromatic carbocycles. The highest BCUT2D eigenvalue weighted by molar-refractivity contribution is 7.80. The summed E-state index contributed by atoms with van der Waals surface area (Å²) in [4.78, 5) is 6.56. The molecular weight excluding hydrogens is 445 g/mol. The van der Waals surface area contributed by atoms with Gasteiger partial charge < -0.3 is 22.6 Å². The van der Waals surface area contributed by atoms with E-state index in [1.54, 1.807) is 18.2 Å². The first-order valence-corrected chi connectivity index (χ1v) is 10.2. The Balaban J connectivity index is 0.00000300. The first kappa shape index (κ1) is 23.4. The Bertz CT molecular complexity index is 864. The van der Waals surface area contributed by atoms with Gasteiger partial charge in [0.1, 0.15) is 0 Å². The molecule has 3 aromatic rings. The number of hydrogen-bond donors (Lipinski definition) is 1. The topological polar surface area (TPSA) is 28.2 Å². The number of benzene rings is 2. The summed E-state index contributed by atoms with van der Waals surface area (Å²) in [6.07, 6.45) is 3.51. The molecule has 3 nitrogen and oxygen atoms in total. The van der Waals surface area contributed by atoms with Gasteiger partial charge in [-0.25, -0.2) is 0 Å². The van der Waals surface area contributed by atoms with Crippen LogP contribution in [0.2, 0.25) is 10.0 Å². The van der Waals surface area contributed by atoms with Gasteiger partial charge in [0, 0.05) is 36.4 Å². The van der Waals surface area contributed by atoms with Crippen LogP contribution < -0.4 is 17.7 Å². The molecule has 1 aromatic heterocycles. The van der Waals surface area contributed by atoms with Crippen LogP contribution in [0, 0.1) is 0 Å². The van der Waals surface area contributed by atoms with Crippen LogP contribution in [0.1, 0.15) is 11.3 Å². The predicted molar refractivity (Wildman–Crippen MR) is 122 cm³/mol. The van der Waals surface area contributed by atoms with E-state index >= 15 is 0 Å². The second kappa shape index (κ2) is 12.0. The lowest BCUT2D eigenvalue weighted by atomic mass is 10.1. The third-order valence-corrected chi connectivity index (χ3v) is 5.26. The van der Waals surface area contributed by atoms with Gasteiger partial charge in [0.25, 0.3) is 0 Å². The van der Waals surface area contributed by atoms with E-state index in [-0.39, 0.29) is 12.4 Å². The van der Waals surface area contributed by atoms with Crippen molar-refractivity contribution in [3.8, 4) is 0 Å². The highest BCUT2D eigenvalue weighted by Crippen LogP contribution is 2.25. The van der Waals surface area contributed by atoms with Gasteiger partial charge in [0.2, 0.25) is 0 Å². The summed E-state index contributed by atoms with van der Waals surface area (Å²) in [7, 11) is 0. The molecule has 0 fully saturated rings. The van der Waals surface area contributed by atoms with E-state index in [2.05, 4.69) is 39.5 Å². The Hall–Kier alpha value is -1.85. The van der Waals surface area contributed by atoms with Crippen LogP contribution in [-0.2, 0) is 12.8 Å². The van der Waals surface area contributed by atoms with Crippen molar-refractivity contribution in [1.82, 2.24) is 9.88 Å². The highest BCUT2D eigenvalue weighted by Gasteiger charge is 2.12. The standard InChI is InChI=1S/C22H21Cl2N3S.ClH/c23-18-9-10-20(24)21(16-18)26-22(28)27(14-11-17-6-2-1-3-7-17)15-12-19-8-4-5-13-25-19;/h1-10,13,16H,11-12,14-15H2,(H,26,28);1H/p-1. The van der Waals surface area contributed by atoms with Crippen molar-refractivity contribution in [3.05, 3.63) is 94.2 Å². The number of anilines is 1. The molecule has 0 bridgehead atoms. The minimum atomic E-state index is 0. The summed E-state index contributed by atoms with van der Waals surface area (Å²) in [5, 5.41) is 5.06. The number of rotatable bonds is 7. The van der Waals surface area contributed by atoms with Crippen LogP contribution in [0.15, 0.2) is 72.9 Å². The van der Waals surface area contributed by atoms with E-state index in [0.717, 1.165) is 31.6 Å². The van der Waals surface area contributed by atoms with Crippen molar-refractivity contribution in [2.75, 3.05) is 18.4 Å². The fourth-order valence-corrected chi connectivity index (χ4v) is 3.44. The van der Waals surface area contributed by atoms with E-state index in [1.165, 1.54) is 5.56 Å². The van der Waals surface area contributed by atoms with Crippen LogP contribution in [0.3, 0.4) is 0 Å². The average Bonchev–Trinajstić information content (AvgIpc) is 2.72. The lowest BCUT2D eigenvalue weighted by Crippen LogP contribution is -3.00. The molecule has 0 aliphatic heterocycles. The Morgan fingerprint density at radius 1 is 0.931 bits per heavy atom. The maximum absolute atomic E-state index is 6.28. The minimum absolute atomic E-state index is 0. The molecule has 7 heteroatoms. The second-order valence-electron chi connectivity index (χ2n) is 6.35. The number of pyridine rings is 1. The van der Waals surface area contributed by atoms with Gasteiger partial charge in [-0.1, -0.05) is 59.6 Å². The predicted octanol–water partition coefficient (Wildman–Crippen LogP) is 2.88. The van der Waals surface area contributed by atoms with Gasteiger partial charge in [0.05, 0.1) is 10.7 Å². The summed E-state index contributed by atoms with van der Waals surface area (Å²) < 4.78 is 0. The van der Waals surface area contributed by atoms with Crippen LogP contribution in [0.4, 0.5) is 5.69 Å². The Labute approximate surface area is 193 Å². The van der Waals surface area contributed by atoms with E-state index in [9.17, 15) is 0 Å². The molecule has 0 atom stereocenters. The minimum Gasteiger partial charge on any atom is -1.00 e. The fraction of sp³-hybridized carbons (Fsp3) is 0.182. The zero-order valence-electron chi connectivity index (χ0n) is 15.7. The number of halogens is 3. The van der Waals surface area contributed by atoms with Crippen molar-refractivity contribution >= 4 is 46.2 Å². The normalized spacial score (nSPS) is 10.1. The number of aromatic nitrogens is 1. The van der Waals surface area contributed by atoms with Crippen molar-refractivity contribution in [2.24, 2.45) is 0 Å². The van der Waals surface area contributed by atoms with E-state index in [0.29, 0.717) is 20.8 Å². The fourth-order valence-electron chi connectivity index (χ4n) is 2.81. The van der Waals surface area contributed by atoms with Gasteiger partial charge in [-0.05, 0) is 54.5 Å². The van der Waals surface area contributed by atoms with Crippen molar-refractivity contribution in [3.63, 3.8) is 0 Å². The van der Waals surface area contributed by atoms with E-state index < -0.39 is 0 Å². The molecule has 0 saturated carbocycles. The molecule has 0 amide bonds. The van der Waals surface area contributed by atoms with Crippen LogP contribution in [0.5, 0.6) is 0 Å². The Morgan fingerprint density at radius 3 is 2.38 bits per heavy atom. The summed E-state index contributed by atoms with van der Waals surface area (Å²) in [6, 6.07) is 21.6. The maximum Gasteiger partial charge on any atom is 0.173 e. The molecule has 0 radical (unpaired) electrons. The Kier molecular flexibility index (Phi) is 9.68. The monoisotopic (exact) mass is 464 g/mol. The lowest BCUT2D eigenvalue weighted by Gasteiger charge is -2.26. The van der Waals surface area contributed by atoms with E-state index in [4.69, 9.17) is 35.4 Å². The van der Waals surface area contributed by atoms with Crippen molar-refractivity contribution in [2.45, 2.75) is 12.8 Å². The number of nitrogens with one attached hydrogen (secondary N) is 1. The average molecular weight is 466 g/mol. The maximum atomic E-state index is 6.28. The number of hydrogen-bond acceptors (Lipinski definition) is 2. The summed E-state index contributed by atoms with van der Waals surface area (Å²) in [6.45, 7) is 1.55. The number of nitrogens with zero attached hydrogens (tertiary/aromatic N) is 2. The van der Waals surface area contributed by atoms with Crippen LogP contribution in [-0.4, -0.2) is 28.1 Å². The van der Waals surface area contributed by atoms with Crippen LogP contribution >= 0.6 is 35.4 Å². The molecule has 0 aliphatic carbocycles. The zero-order chi connectivity index (χ0) is 19.8. The first-order chi connectivity index (χ1) is 13.6. The largest absolute Gasteiger partial charge is 1.00 e. The SMILES string of the molecule is S=C(Nc1cc(Cl)ccc1Cl)N(CCc1ccccc1)CCc1ccccn1.[Cl-]. The van der Waals surface area contributed by atoms with Crippen molar-refractivity contribution in [1.29, 1.82) is 0 Å². The molecular formula is C22H21Cl3N3S-. The summed E-state index contributed by atoms with van der Waals surface area (Å²) >= 11 is 18.1. The Morgan fingerprint density at radius 2 is 1.66 bits per heavy atom. The molecule has 1 N–H and O–H groups in total. The molecule has 29 heavy (non-hydrogen) atoms. The smallest absolute Gasteiger partial charge is 0.173 e. The third kappa shape index (κ3) is 7.48. The third-order valence-electron chi connectivity index (χ3n) is 4.33. The van der Waals surface area contributed by atoms with Gasteiger partial charge in [0.15, 0.2) is 5.11 Å². The quantitative estimate of drug-likeness (QED) is 0.543. The molecule has 152 valence electrons. The van der Waals surface area contributed by atoms with Gasteiger partial charge in [-0.3, -0.25) is 4.98 Å². The van der Waals surface area contributed by atoms with E-state index in [1.807, 2.05) is 30.5 Å². The second-order valence-corrected chi connectivity index (χ2v) is 7.58. The first-order valence-electron chi connectivity index (χ1n) is 9.06. The highest BCUT2D eigenvalue weighted by atomic mass is 35.5. The van der Waals surface area contributed by atoms with Gasteiger partial charge in [-0.2, -0.15) is 0 Å². The zero-order valence-corrected chi connectivity index (χ0v) is 18.8. The number of thiocarbonyl (C=S) groups is 1. The molecule has 0 unspecified atom stereocenters. The van der Waals surface area contributed by atoms with Crippen LogP contribution in [0.25, 0.3) is 0 Å². The molecule has 1 heterocycles. The molecule has 0 aliphatic rings. The molecule has 0 saturated heterocycles. The summed E-state index contributed by atoms with van der Waals surface area (Å²) in [5.74, 6) is 0. The van der Waals surface area contributed by atoms with Gasteiger partial charge in [-0.15, -0.1) is 0 Å². The van der Waals surface area contributed by atoms with Crippen molar-refractivity contribution < 1.29 is 12.4 Å². The lowest BCUT2D eigenvalue weighted by molar-refractivity contribution is -0.00000542. The summed E-state index contributed by atoms with van der Waals surface area (Å²) in [5.41, 5.74) is 3.02. The molecule has 0 spiro atoms. The van der Waals surface area contributed by atoms with Gasteiger partial charge >= 0.3 is 0 Å². The molecule has 3 rings (SSSR count).